The molecule has 1 aliphatic rings. The second kappa shape index (κ2) is 9.57. The average Bonchev–Trinajstić information content (AvgIpc) is 3.32. The van der Waals surface area contributed by atoms with E-state index >= 15 is 0 Å². The molecule has 1 atom stereocenters. The molecule has 0 spiro atoms. The van der Waals surface area contributed by atoms with Crippen LogP contribution in [0, 0.1) is 17.0 Å². The summed E-state index contributed by atoms with van der Waals surface area (Å²) in [6.07, 6.45) is 0. The van der Waals surface area contributed by atoms with Crippen molar-refractivity contribution in [1.82, 2.24) is 14.8 Å². The van der Waals surface area contributed by atoms with Crippen molar-refractivity contribution in [2.45, 2.75) is 19.9 Å². The van der Waals surface area contributed by atoms with Crippen LogP contribution in [0.1, 0.15) is 24.1 Å². The summed E-state index contributed by atoms with van der Waals surface area (Å²) in [5.41, 5.74) is 3.72. The SMILES string of the molecule is COc1ccccc1NC(=O)C1=C(C)Nc2nc(-c3cccc(C)c3)nn2C1c1cccc([N+](=O)[O-])c1. The number of allylic oxidation sites excluding steroid dienone is 1. The molecule has 0 aliphatic carbocycles. The summed E-state index contributed by atoms with van der Waals surface area (Å²) in [7, 11) is 1.53. The number of anilines is 2. The highest BCUT2D eigenvalue weighted by Gasteiger charge is 2.35. The number of hydrogen-bond donors (Lipinski definition) is 2. The summed E-state index contributed by atoms with van der Waals surface area (Å²) in [6.45, 7) is 3.75. The molecule has 0 fully saturated rings. The van der Waals surface area contributed by atoms with E-state index in [-0.39, 0.29) is 5.69 Å². The first-order chi connectivity index (χ1) is 17.9. The summed E-state index contributed by atoms with van der Waals surface area (Å²) in [6, 6.07) is 20.3. The molecule has 3 aromatic carbocycles. The lowest BCUT2D eigenvalue weighted by Crippen LogP contribution is -2.31. The number of benzene rings is 3. The molecular weight excluding hydrogens is 472 g/mol. The number of nitro groups is 1. The molecule has 1 unspecified atom stereocenters. The van der Waals surface area contributed by atoms with Crippen LogP contribution >= 0.6 is 0 Å². The number of methoxy groups -OCH3 is 1. The zero-order chi connectivity index (χ0) is 26.1. The number of nitrogens with zero attached hydrogens (tertiary/aromatic N) is 4. The molecular formula is C27H24N6O4. The molecule has 0 bridgehead atoms. The molecule has 4 aromatic rings. The van der Waals surface area contributed by atoms with Crippen LogP contribution in [0.4, 0.5) is 17.3 Å². The summed E-state index contributed by atoms with van der Waals surface area (Å²) in [5.74, 6) is 1.01. The van der Waals surface area contributed by atoms with Gasteiger partial charge in [-0.15, -0.1) is 5.10 Å². The van der Waals surface area contributed by atoms with E-state index in [0.717, 1.165) is 11.1 Å². The summed E-state index contributed by atoms with van der Waals surface area (Å²) < 4.78 is 6.98. The lowest BCUT2D eigenvalue weighted by Gasteiger charge is -2.28. The fourth-order valence-corrected chi connectivity index (χ4v) is 4.41. The number of non-ortho nitro benzene ring substituents is 1. The highest BCUT2D eigenvalue weighted by Crippen LogP contribution is 2.38. The monoisotopic (exact) mass is 496 g/mol. The Hall–Kier alpha value is -4.99. The average molecular weight is 497 g/mol. The minimum Gasteiger partial charge on any atom is -0.495 e. The lowest BCUT2D eigenvalue weighted by atomic mass is 9.94. The molecule has 1 amide bonds. The van der Waals surface area contributed by atoms with Crippen molar-refractivity contribution in [3.63, 3.8) is 0 Å². The summed E-state index contributed by atoms with van der Waals surface area (Å²) in [4.78, 5) is 29.5. The Morgan fingerprint density at radius 2 is 1.86 bits per heavy atom. The van der Waals surface area contributed by atoms with E-state index in [0.29, 0.717) is 40.0 Å². The van der Waals surface area contributed by atoms with Gasteiger partial charge in [0.15, 0.2) is 5.82 Å². The third kappa shape index (κ3) is 4.52. The topological polar surface area (TPSA) is 124 Å². The number of nitrogens with one attached hydrogen (secondary N) is 2. The zero-order valence-electron chi connectivity index (χ0n) is 20.4. The van der Waals surface area contributed by atoms with Gasteiger partial charge in [0, 0.05) is 23.4 Å². The van der Waals surface area contributed by atoms with Crippen LogP contribution in [0.2, 0.25) is 0 Å². The molecule has 2 N–H and O–H groups in total. The standard InChI is InChI=1S/C27H24N6O4/c1-16-8-6-10-19(14-16)25-30-27-28-17(2)23(26(34)29-21-12-4-5-13-22(21)37-3)24(32(27)31-25)18-9-7-11-20(15-18)33(35)36/h4-15,24H,1-3H3,(H,29,34)(H,28,30,31). The predicted octanol–water partition coefficient (Wildman–Crippen LogP) is 5.10. The first-order valence-corrected chi connectivity index (χ1v) is 11.6. The van der Waals surface area contributed by atoms with Gasteiger partial charge in [-0.1, -0.05) is 48.0 Å². The first-order valence-electron chi connectivity index (χ1n) is 11.6. The van der Waals surface area contributed by atoms with Gasteiger partial charge in [-0.3, -0.25) is 14.9 Å². The highest BCUT2D eigenvalue weighted by atomic mass is 16.6. The van der Waals surface area contributed by atoms with E-state index in [2.05, 4.69) is 15.6 Å². The van der Waals surface area contributed by atoms with Crippen LogP contribution in [0.5, 0.6) is 5.75 Å². The van der Waals surface area contributed by atoms with E-state index in [1.807, 2.05) is 37.3 Å². The minimum absolute atomic E-state index is 0.0845. The Morgan fingerprint density at radius 3 is 2.62 bits per heavy atom. The van der Waals surface area contributed by atoms with Crippen LogP contribution in [0.25, 0.3) is 11.4 Å². The van der Waals surface area contributed by atoms with Crippen molar-refractivity contribution in [2.75, 3.05) is 17.7 Å². The fourth-order valence-electron chi connectivity index (χ4n) is 4.41. The largest absolute Gasteiger partial charge is 0.495 e. The molecule has 5 rings (SSSR count). The normalized spacial score (nSPS) is 14.5. The number of carbonyl (C=O) groups excluding carboxylic acids is 1. The predicted molar refractivity (Wildman–Crippen MR) is 139 cm³/mol. The molecule has 10 nitrogen and oxygen atoms in total. The van der Waals surface area contributed by atoms with E-state index < -0.39 is 16.9 Å². The van der Waals surface area contributed by atoms with E-state index in [1.54, 1.807) is 41.9 Å². The molecule has 0 saturated heterocycles. The number of fused-ring (bicyclic) bond motifs is 1. The molecule has 1 aliphatic heterocycles. The van der Waals surface area contributed by atoms with Gasteiger partial charge in [-0.05, 0) is 37.6 Å². The second-order valence-electron chi connectivity index (χ2n) is 8.65. The fraction of sp³-hybridized carbons (Fsp3) is 0.148. The molecule has 1 aromatic heterocycles. The quantitative estimate of drug-likeness (QED) is 0.281. The molecule has 2 heterocycles. The Morgan fingerprint density at radius 1 is 1.08 bits per heavy atom. The molecule has 186 valence electrons. The summed E-state index contributed by atoms with van der Waals surface area (Å²) in [5, 5.41) is 22.4. The maximum Gasteiger partial charge on any atom is 0.269 e. The molecule has 10 heteroatoms. The van der Waals surface area contributed by atoms with Gasteiger partial charge in [-0.25, -0.2) is 4.68 Å². The van der Waals surface area contributed by atoms with Crippen molar-refractivity contribution < 1.29 is 14.5 Å². The van der Waals surface area contributed by atoms with Crippen LogP contribution in [-0.4, -0.2) is 32.7 Å². The number of carbonyl (C=O) groups is 1. The molecule has 0 saturated carbocycles. The summed E-state index contributed by atoms with van der Waals surface area (Å²) >= 11 is 0. The Balaban J connectivity index is 1.63. The number of rotatable bonds is 6. The number of ether oxygens (including phenoxy) is 1. The van der Waals surface area contributed by atoms with Gasteiger partial charge in [0.05, 0.1) is 23.3 Å². The van der Waals surface area contributed by atoms with E-state index in [1.165, 1.54) is 19.2 Å². The Bertz CT molecular complexity index is 1560. The smallest absolute Gasteiger partial charge is 0.269 e. The van der Waals surface area contributed by atoms with Crippen LogP contribution in [0.3, 0.4) is 0 Å². The van der Waals surface area contributed by atoms with Crippen LogP contribution < -0.4 is 15.4 Å². The number of para-hydroxylation sites is 2. The number of amides is 1. The second-order valence-corrected chi connectivity index (χ2v) is 8.65. The van der Waals surface area contributed by atoms with Crippen molar-refractivity contribution in [3.05, 3.63) is 105 Å². The minimum atomic E-state index is -0.767. The van der Waals surface area contributed by atoms with E-state index in [9.17, 15) is 14.9 Å². The first kappa shape index (κ1) is 23.7. The number of hydrogen-bond acceptors (Lipinski definition) is 7. The third-order valence-electron chi connectivity index (χ3n) is 6.13. The third-order valence-corrected chi connectivity index (χ3v) is 6.13. The zero-order valence-corrected chi connectivity index (χ0v) is 20.4. The van der Waals surface area contributed by atoms with Crippen molar-refractivity contribution in [2.24, 2.45) is 0 Å². The molecule has 0 radical (unpaired) electrons. The van der Waals surface area contributed by atoms with Gasteiger partial charge in [0.1, 0.15) is 11.8 Å². The number of aryl methyl sites for hydroxylation is 1. The Kier molecular flexibility index (Phi) is 6.14. The number of nitro benzene ring substituents is 1. The maximum atomic E-state index is 13.7. The van der Waals surface area contributed by atoms with Crippen molar-refractivity contribution in [1.29, 1.82) is 0 Å². The van der Waals surface area contributed by atoms with E-state index in [4.69, 9.17) is 9.84 Å². The van der Waals surface area contributed by atoms with Gasteiger partial charge in [0.2, 0.25) is 5.95 Å². The van der Waals surface area contributed by atoms with Gasteiger partial charge >= 0.3 is 0 Å². The van der Waals surface area contributed by atoms with Gasteiger partial charge in [-0.2, -0.15) is 4.98 Å². The Labute approximate surface area is 212 Å². The molecule has 37 heavy (non-hydrogen) atoms. The van der Waals surface area contributed by atoms with Gasteiger partial charge in [0.25, 0.3) is 11.6 Å². The van der Waals surface area contributed by atoms with Crippen LogP contribution in [-0.2, 0) is 4.79 Å². The van der Waals surface area contributed by atoms with Crippen LogP contribution in [0.15, 0.2) is 84.1 Å². The van der Waals surface area contributed by atoms with Crippen molar-refractivity contribution in [3.8, 4) is 17.1 Å². The van der Waals surface area contributed by atoms with Crippen molar-refractivity contribution >= 4 is 23.2 Å². The van der Waals surface area contributed by atoms with Gasteiger partial charge < -0.3 is 15.4 Å². The highest BCUT2D eigenvalue weighted by molar-refractivity contribution is 6.06. The number of aromatic nitrogens is 3. The maximum absolute atomic E-state index is 13.7. The lowest BCUT2D eigenvalue weighted by molar-refractivity contribution is -0.384.